The normalized spacial score (nSPS) is 13.2. The average molecular weight is 584 g/mol. The number of rotatable bonds is 12. The number of nitrogens with one attached hydrogen (secondary N) is 2. The maximum absolute atomic E-state index is 14.9. The number of pyridine rings is 1. The molecule has 1 heterocycles. The molecule has 0 aliphatic carbocycles. The summed E-state index contributed by atoms with van der Waals surface area (Å²) >= 11 is 0. The number of amides is 1. The van der Waals surface area contributed by atoms with Crippen LogP contribution in [0.3, 0.4) is 0 Å². The number of hydrogen-bond donors (Lipinski definition) is 3. The molecule has 214 valence electrons. The fraction of sp³-hybridized carbons (Fsp3) is 0.407. The van der Waals surface area contributed by atoms with E-state index in [2.05, 4.69) is 5.32 Å². The number of aromatic nitrogens is 1. The molecule has 1 atom stereocenters. The predicted molar refractivity (Wildman–Crippen MR) is 151 cm³/mol. The molecule has 0 saturated heterocycles. The van der Waals surface area contributed by atoms with Gasteiger partial charge in [-0.15, -0.1) is 12.4 Å². The average Bonchev–Trinajstić information content (AvgIpc) is 2.86. The number of hydrogen-bond acceptors (Lipinski definition) is 7. The van der Waals surface area contributed by atoms with Crippen LogP contribution in [0.2, 0.25) is 0 Å². The molecule has 1 amide bonds. The number of fused-ring (bicyclic) bond motifs is 1. The molecule has 3 N–H and O–H groups in total. The molecular weight excluding hydrogens is 549 g/mol. The minimum absolute atomic E-state index is 0. The fourth-order valence-corrected chi connectivity index (χ4v) is 4.90. The third-order valence-electron chi connectivity index (χ3n) is 6.61. The van der Waals surface area contributed by atoms with Gasteiger partial charge in [-0.25, -0.2) is 18.3 Å². The second kappa shape index (κ2) is 13.5. The lowest BCUT2D eigenvalue weighted by Gasteiger charge is -2.25. The molecule has 39 heavy (non-hydrogen) atoms. The van der Waals surface area contributed by atoms with Gasteiger partial charge in [0.2, 0.25) is 0 Å². The predicted octanol–water partition coefficient (Wildman–Crippen LogP) is 3.44. The zero-order valence-corrected chi connectivity index (χ0v) is 24.0. The highest BCUT2D eigenvalue weighted by Gasteiger charge is 2.43. The van der Waals surface area contributed by atoms with Gasteiger partial charge in [-0.2, -0.15) is 0 Å². The molecule has 3 aromatic rings. The number of carbonyl (C=O) groups is 1. The first-order valence-corrected chi connectivity index (χ1v) is 14.1. The summed E-state index contributed by atoms with van der Waals surface area (Å²) in [4.78, 5) is 25.1. The van der Waals surface area contributed by atoms with Gasteiger partial charge in [-0.3, -0.25) is 14.8 Å². The summed E-state index contributed by atoms with van der Waals surface area (Å²) < 4.78 is 44.2. The second-order valence-electron chi connectivity index (χ2n) is 9.72. The van der Waals surface area contributed by atoms with E-state index in [1.807, 2.05) is 19.9 Å². The lowest BCUT2D eigenvalue weighted by molar-refractivity contribution is -0.131. The Morgan fingerprint density at radius 1 is 1.18 bits per heavy atom. The summed E-state index contributed by atoms with van der Waals surface area (Å²) in [6.07, 6.45) is 2.34. The Balaban J connectivity index is 0.00000533. The van der Waals surface area contributed by atoms with E-state index in [1.54, 1.807) is 30.3 Å². The molecule has 9 nitrogen and oxygen atoms in total. The number of halogens is 2. The van der Waals surface area contributed by atoms with Gasteiger partial charge in [0.05, 0.1) is 12.7 Å². The molecule has 0 spiro atoms. The van der Waals surface area contributed by atoms with Crippen LogP contribution >= 0.6 is 12.4 Å². The molecule has 0 radical (unpaired) electrons. The standard InChI is InChI=1S/C27H34FN3O6S.ClH/c1-18(2)37-14-11-29-17-19-5-7-22(24(28)15-19)20-6-8-23-21(16-20)9-12-31(25(23)32)13-10-27(3,26(33)30-34)38(4,35)36;/h5-9,12,15-16,18,29,34H,10-11,13-14,17H2,1-4H3,(H,30,33);1H/t27-;/m1./s1. The van der Waals surface area contributed by atoms with Crippen LogP contribution in [0.25, 0.3) is 21.9 Å². The minimum Gasteiger partial charge on any atom is -0.377 e. The topological polar surface area (TPSA) is 127 Å². The fourth-order valence-electron chi connectivity index (χ4n) is 4.05. The number of nitrogens with zero attached hydrogens (tertiary/aromatic N) is 1. The van der Waals surface area contributed by atoms with E-state index in [0.717, 1.165) is 11.8 Å². The molecule has 2 aromatic carbocycles. The Labute approximate surface area is 233 Å². The summed E-state index contributed by atoms with van der Waals surface area (Å²) in [6.45, 7) is 6.81. The van der Waals surface area contributed by atoms with Crippen molar-refractivity contribution in [2.24, 2.45) is 0 Å². The highest BCUT2D eigenvalue weighted by molar-refractivity contribution is 7.92. The molecule has 0 aliphatic rings. The molecule has 0 aliphatic heterocycles. The van der Waals surface area contributed by atoms with Crippen LogP contribution < -0.4 is 16.4 Å². The van der Waals surface area contributed by atoms with E-state index in [9.17, 15) is 22.4 Å². The quantitative estimate of drug-likeness (QED) is 0.169. The molecule has 0 bridgehead atoms. The van der Waals surface area contributed by atoms with Crippen molar-refractivity contribution in [2.45, 2.75) is 51.1 Å². The number of hydroxylamine groups is 1. The van der Waals surface area contributed by atoms with Crippen molar-refractivity contribution in [1.82, 2.24) is 15.4 Å². The Bertz CT molecular complexity index is 1480. The maximum atomic E-state index is 14.9. The van der Waals surface area contributed by atoms with Crippen LogP contribution in [0.5, 0.6) is 0 Å². The van der Waals surface area contributed by atoms with E-state index in [-0.39, 0.29) is 42.9 Å². The highest BCUT2D eigenvalue weighted by atomic mass is 35.5. The van der Waals surface area contributed by atoms with Crippen LogP contribution in [-0.4, -0.2) is 54.4 Å². The number of carbonyl (C=O) groups excluding carboxylic acids is 1. The zero-order chi connectivity index (χ0) is 28.1. The summed E-state index contributed by atoms with van der Waals surface area (Å²) in [5.74, 6) is -1.44. The number of sulfone groups is 1. The lowest BCUT2D eigenvalue weighted by atomic mass is 10.00. The first kappa shape index (κ1) is 32.4. The number of benzene rings is 2. The van der Waals surface area contributed by atoms with Crippen LogP contribution in [-0.2, 0) is 32.5 Å². The summed E-state index contributed by atoms with van der Waals surface area (Å²) in [5.41, 5.74) is 2.84. The molecule has 0 saturated carbocycles. The Kier molecular flexibility index (Phi) is 11.2. The first-order valence-electron chi connectivity index (χ1n) is 12.3. The number of aryl methyl sites for hydroxylation is 1. The van der Waals surface area contributed by atoms with E-state index in [0.29, 0.717) is 41.6 Å². The van der Waals surface area contributed by atoms with E-state index in [1.165, 1.54) is 29.2 Å². The van der Waals surface area contributed by atoms with Crippen molar-refractivity contribution in [3.8, 4) is 11.1 Å². The van der Waals surface area contributed by atoms with Gasteiger partial charge < -0.3 is 14.6 Å². The Morgan fingerprint density at radius 3 is 2.51 bits per heavy atom. The van der Waals surface area contributed by atoms with Gasteiger partial charge in [0, 0.05) is 43.0 Å². The lowest BCUT2D eigenvalue weighted by Crippen LogP contribution is -2.49. The van der Waals surface area contributed by atoms with Crippen LogP contribution in [0.4, 0.5) is 4.39 Å². The third kappa shape index (κ3) is 7.64. The minimum atomic E-state index is -3.89. The molecule has 12 heteroatoms. The van der Waals surface area contributed by atoms with Gasteiger partial charge >= 0.3 is 0 Å². The summed E-state index contributed by atoms with van der Waals surface area (Å²) in [5, 5.41) is 13.2. The van der Waals surface area contributed by atoms with E-state index < -0.39 is 20.5 Å². The van der Waals surface area contributed by atoms with E-state index in [4.69, 9.17) is 9.94 Å². The van der Waals surface area contributed by atoms with Crippen molar-refractivity contribution in [3.05, 3.63) is 70.4 Å². The first-order chi connectivity index (χ1) is 17.9. The Hall–Kier alpha value is -2.83. The van der Waals surface area contributed by atoms with Crippen LogP contribution in [0.15, 0.2) is 53.5 Å². The zero-order valence-electron chi connectivity index (χ0n) is 22.4. The van der Waals surface area contributed by atoms with Gasteiger partial charge in [-0.05, 0) is 68.0 Å². The van der Waals surface area contributed by atoms with Crippen LogP contribution in [0, 0.1) is 5.82 Å². The Morgan fingerprint density at radius 2 is 1.90 bits per heavy atom. The molecule has 3 rings (SSSR count). The molecule has 1 aromatic heterocycles. The van der Waals surface area contributed by atoms with Crippen molar-refractivity contribution < 1.29 is 27.5 Å². The third-order valence-corrected chi connectivity index (χ3v) is 8.64. The molecular formula is C27H35ClFN3O6S. The highest BCUT2D eigenvalue weighted by Crippen LogP contribution is 2.27. The van der Waals surface area contributed by atoms with E-state index >= 15 is 0 Å². The monoisotopic (exact) mass is 583 g/mol. The molecule has 0 fully saturated rings. The SMILES string of the molecule is CC(C)OCCNCc1ccc(-c2ccc3c(=O)n(CC[C@](C)(C(=O)NO)S(C)(=O)=O)ccc3c2)c(F)c1.Cl. The number of ether oxygens (including phenoxy) is 1. The van der Waals surface area contributed by atoms with Gasteiger partial charge in [0.25, 0.3) is 11.5 Å². The van der Waals surface area contributed by atoms with Gasteiger partial charge in [-0.1, -0.05) is 18.2 Å². The van der Waals surface area contributed by atoms with Gasteiger partial charge in [0.1, 0.15) is 5.82 Å². The second-order valence-corrected chi connectivity index (χ2v) is 12.2. The maximum Gasteiger partial charge on any atom is 0.264 e. The summed E-state index contributed by atoms with van der Waals surface area (Å²) in [6, 6.07) is 11.7. The van der Waals surface area contributed by atoms with Crippen molar-refractivity contribution in [2.75, 3.05) is 19.4 Å². The van der Waals surface area contributed by atoms with Crippen molar-refractivity contribution >= 4 is 38.9 Å². The molecule has 0 unspecified atom stereocenters. The smallest absolute Gasteiger partial charge is 0.264 e. The van der Waals surface area contributed by atoms with Crippen LogP contribution in [0.1, 0.15) is 32.8 Å². The van der Waals surface area contributed by atoms with Crippen molar-refractivity contribution in [1.29, 1.82) is 0 Å². The van der Waals surface area contributed by atoms with Gasteiger partial charge in [0.15, 0.2) is 14.6 Å². The summed E-state index contributed by atoms with van der Waals surface area (Å²) in [7, 11) is -3.89. The van der Waals surface area contributed by atoms with Crippen molar-refractivity contribution in [3.63, 3.8) is 0 Å². The largest absolute Gasteiger partial charge is 0.377 e.